The van der Waals surface area contributed by atoms with Crippen LogP contribution < -0.4 is 5.73 Å². The van der Waals surface area contributed by atoms with Crippen LogP contribution in [0.5, 0.6) is 0 Å². The summed E-state index contributed by atoms with van der Waals surface area (Å²) in [7, 11) is 0. The molecule has 2 unspecified atom stereocenters. The maximum atomic E-state index is 8.82. The van der Waals surface area contributed by atoms with E-state index >= 15 is 0 Å². The Hall–Kier alpha value is -0.120. The monoisotopic (exact) mass is 215 g/mol. The zero-order valence-electron chi connectivity index (χ0n) is 10.0. The molecule has 15 heavy (non-hydrogen) atoms. The van der Waals surface area contributed by atoms with E-state index in [9.17, 15) is 0 Å². The summed E-state index contributed by atoms with van der Waals surface area (Å²) in [5.74, 6) is 1.43. The van der Waals surface area contributed by atoms with E-state index in [1.807, 2.05) is 0 Å². The zero-order chi connectivity index (χ0) is 11.3. The Balaban J connectivity index is 2.55. The third-order valence-electron chi connectivity index (χ3n) is 3.66. The van der Waals surface area contributed by atoms with Crippen molar-refractivity contribution in [3.63, 3.8) is 0 Å². The van der Waals surface area contributed by atoms with Crippen molar-refractivity contribution in [2.24, 2.45) is 17.6 Å². The first-order chi connectivity index (χ1) is 7.13. The lowest BCUT2D eigenvalue weighted by Gasteiger charge is -2.41. The largest absolute Gasteiger partial charge is 0.394 e. The van der Waals surface area contributed by atoms with Crippen LogP contribution in [0.2, 0.25) is 0 Å². The minimum absolute atomic E-state index is 0.0914. The molecule has 0 bridgehead atoms. The molecule has 0 aliphatic heterocycles. The van der Waals surface area contributed by atoms with E-state index in [-0.39, 0.29) is 12.2 Å². The number of aliphatic hydroxyl groups excluding tert-OH is 1. The predicted octanol–water partition coefficient (Wildman–Crippen LogP) is 1.54. The molecule has 1 rings (SSSR count). The van der Waals surface area contributed by atoms with Gasteiger partial charge in [0.1, 0.15) is 0 Å². The van der Waals surface area contributed by atoms with Gasteiger partial charge in [0.05, 0.1) is 18.8 Å². The molecule has 90 valence electrons. The molecule has 0 aromatic heterocycles. The highest BCUT2D eigenvalue weighted by Gasteiger charge is 2.36. The fourth-order valence-electron chi connectivity index (χ4n) is 2.57. The van der Waals surface area contributed by atoms with Crippen molar-refractivity contribution in [2.45, 2.75) is 45.1 Å². The second-order valence-electron chi connectivity index (χ2n) is 5.06. The SMILES string of the molecule is CC(C)C1CCCC(CN)(OCCO)C1. The number of nitrogens with two attached hydrogens (primary N) is 1. The highest BCUT2D eigenvalue weighted by Crippen LogP contribution is 2.38. The van der Waals surface area contributed by atoms with Gasteiger partial charge in [0, 0.05) is 6.54 Å². The van der Waals surface area contributed by atoms with Gasteiger partial charge in [0.25, 0.3) is 0 Å². The smallest absolute Gasteiger partial charge is 0.0808 e. The first-order valence-electron chi connectivity index (χ1n) is 6.08. The van der Waals surface area contributed by atoms with E-state index in [1.165, 1.54) is 12.8 Å². The van der Waals surface area contributed by atoms with Crippen LogP contribution in [0.25, 0.3) is 0 Å². The second-order valence-corrected chi connectivity index (χ2v) is 5.06. The summed E-state index contributed by atoms with van der Waals surface area (Å²) in [6, 6.07) is 0. The molecule has 2 atom stereocenters. The van der Waals surface area contributed by atoms with Gasteiger partial charge in [-0.25, -0.2) is 0 Å². The topological polar surface area (TPSA) is 55.5 Å². The van der Waals surface area contributed by atoms with Crippen LogP contribution in [0.1, 0.15) is 39.5 Å². The maximum Gasteiger partial charge on any atom is 0.0808 e. The Morgan fingerprint density at radius 1 is 1.53 bits per heavy atom. The predicted molar refractivity (Wildman–Crippen MR) is 61.6 cm³/mol. The van der Waals surface area contributed by atoms with Crippen LogP contribution >= 0.6 is 0 Å². The standard InChI is InChI=1S/C12H25NO2/c1-10(2)11-4-3-5-12(8-11,9-13)15-7-6-14/h10-11,14H,3-9,13H2,1-2H3. The molecule has 0 spiro atoms. The van der Waals surface area contributed by atoms with E-state index in [4.69, 9.17) is 15.6 Å². The molecule has 0 amide bonds. The molecule has 0 aromatic rings. The van der Waals surface area contributed by atoms with E-state index < -0.39 is 0 Å². The zero-order valence-corrected chi connectivity index (χ0v) is 10.0. The van der Waals surface area contributed by atoms with Gasteiger partial charge in [-0.1, -0.05) is 20.3 Å². The first kappa shape index (κ1) is 12.9. The average molecular weight is 215 g/mol. The number of ether oxygens (including phenoxy) is 1. The fraction of sp³-hybridized carbons (Fsp3) is 1.00. The molecule has 0 radical (unpaired) electrons. The van der Waals surface area contributed by atoms with Crippen molar-refractivity contribution in [1.29, 1.82) is 0 Å². The van der Waals surface area contributed by atoms with Gasteiger partial charge in [0.15, 0.2) is 0 Å². The maximum absolute atomic E-state index is 8.82. The van der Waals surface area contributed by atoms with Crippen molar-refractivity contribution in [2.75, 3.05) is 19.8 Å². The summed E-state index contributed by atoms with van der Waals surface area (Å²) in [6.07, 6.45) is 4.60. The highest BCUT2D eigenvalue weighted by molar-refractivity contribution is 4.90. The molecule has 0 saturated heterocycles. The number of rotatable bonds is 5. The third kappa shape index (κ3) is 3.44. The van der Waals surface area contributed by atoms with Crippen LogP contribution in [-0.2, 0) is 4.74 Å². The molecule has 0 heterocycles. The Morgan fingerprint density at radius 3 is 2.80 bits per heavy atom. The second kappa shape index (κ2) is 5.83. The summed E-state index contributed by atoms with van der Waals surface area (Å²) in [5, 5.41) is 8.82. The molecule has 3 N–H and O–H groups in total. The minimum atomic E-state index is -0.157. The summed E-state index contributed by atoms with van der Waals surface area (Å²) in [4.78, 5) is 0. The van der Waals surface area contributed by atoms with Crippen molar-refractivity contribution in [3.05, 3.63) is 0 Å². The van der Waals surface area contributed by atoms with Gasteiger partial charge >= 0.3 is 0 Å². The molecule has 0 aromatic carbocycles. The molecular weight excluding hydrogens is 190 g/mol. The van der Waals surface area contributed by atoms with E-state index in [0.29, 0.717) is 19.1 Å². The lowest BCUT2D eigenvalue weighted by molar-refractivity contribution is -0.0900. The summed E-state index contributed by atoms with van der Waals surface area (Å²) < 4.78 is 5.77. The molecule has 3 nitrogen and oxygen atoms in total. The van der Waals surface area contributed by atoms with Crippen LogP contribution in [0.3, 0.4) is 0 Å². The normalized spacial score (nSPS) is 32.2. The van der Waals surface area contributed by atoms with Crippen LogP contribution in [0.4, 0.5) is 0 Å². The van der Waals surface area contributed by atoms with Gasteiger partial charge in [-0.15, -0.1) is 0 Å². The average Bonchev–Trinajstić information content (AvgIpc) is 2.26. The molecule has 1 fully saturated rings. The molecule has 1 aliphatic carbocycles. The first-order valence-corrected chi connectivity index (χ1v) is 6.08. The van der Waals surface area contributed by atoms with E-state index in [1.54, 1.807) is 0 Å². The fourth-order valence-corrected chi connectivity index (χ4v) is 2.57. The van der Waals surface area contributed by atoms with Crippen molar-refractivity contribution in [1.82, 2.24) is 0 Å². The van der Waals surface area contributed by atoms with Gasteiger partial charge in [-0.05, 0) is 31.1 Å². The molecule has 1 saturated carbocycles. The van der Waals surface area contributed by atoms with Crippen LogP contribution in [0, 0.1) is 11.8 Å². The molecule has 3 heteroatoms. The lowest BCUT2D eigenvalue weighted by atomic mass is 9.73. The Labute approximate surface area is 93.0 Å². The minimum Gasteiger partial charge on any atom is -0.394 e. The number of hydrogen-bond acceptors (Lipinski definition) is 3. The summed E-state index contributed by atoms with van der Waals surface area (Å²) >= 11 is 0. The summed E-state index contributed by atoms with van der Waals surface area (Å²) in [5.41, 5.74) is 5.68. The number of hydrogen-bond donors (Lipinski definition) is 2. The van der Waals surface area contributed by atoms with Gasteiger partial charge in [-0.3, -0.25) is 0 Å². The van der Waals surface area contributed by atoms with Crippen LogP contribution in [-0.4, -0.2) is 30.5 Å². The molecular formula is C12H25NO2. The van der Waals surface area contributed by atoms with Gasteiger partial charge in [-0.2, -0.15) is 0 Å². The Morgan fingerprint density at radius 2 is 2.27 bits per heavy atom. The highest BCUT2D eigenvalue weighted by atomic mass is 16.5. The van der Waals surface area contributed by atoms with Crippen molar-refractivity contribution < 1.29 is 9.84 Å². The number of aliphatic hydroxyl groups is 1. The quantitative estimate of drug-likeness (QED) is 0.731. The lowest BCUT2D eigenvalue weighted by Crippen LogP contribution is -2.46. The van der Waals surface area contributed by atoms with E-state index in [2.05, 4.69) is 13.8 Å². The van der Waals surface area contributed by atoms with Crippen LogP contribution in [0.15, 0.2) is 0 Å². The van der Waals surface area contributed by atoms with Crippen molar-refractivity contribution in [3.8, 4) is 0 Å². The van der Waals surface area contributed by atoms with Gasteiger partial charge in [0.2, 0.25) is 0 Å². The summed E-state index contributed by atoms with van der Waals surface area (Å²) in [6.45, 7) is 5.62. The third-order valence-corrected chi connectivity index (χ3v) is 3.66. The molecule has 1 aliphatic rings. The Kier molecular flexibility index (Phi) is 5.03. The van der Waals surface area contributed by atoms with Crippen molar-refractivity contribution >= 4 is 0 Å². The van der Waals surface area contributed by atoms with E-state index in [0.717, 1.165) is 18.8 Å². The Bertz CT molecular complexity index is 184. The van der Waals surface area contributed by atoms with Gasteiger partial charge < -0.3 is 15.6 Å².